The molecule has 1 aromatic carbocycles. The van der Waals surface area contributed by atoms with Gasteiger partial charge in [0, 0.05) is 30.7 Å². The number of benzene rings is 1. The van der Waals surface area contributed by atoms with E-state index < -0.39 is 11.6 Å². The Labute approximate surface area is 128 Å². The van der Waals surface area contributed by atoms with Gasteiger partial charge in [0.2, 0.25) is 5.91 Å². The summed E-state index contributed by atoms with van der Waals surface area (Å²) in [7, 11) is 0. The highest BCUT2D eigenvalue weighted by atomic mass is 19.1. The van der Waals surface area contributed by atoms with Gasteiger partial charge in [-0.3, -0.25) is 9.69 Å². The summed E-state index contributed by atoms with van der Waals surface area (Å²) in [5.74, 6) is -1.67. The number of rotatable bonds is 4. The summed E-state index contributed by atoms with van der Waals surface area (Å²) < 4.78 is 32.3. The number of morpholine rings is 1. The third-order valence-corrected chi connectivity index (χ3v) is 4.44. The molecular weight excluding hydrogens is 290 g/mol. The van der Waals surface area contributed by atoms with E-state index in [0.717, 1.165) is 39.1 Å². The van der Waals surface area contributed by atoms with E-state index in [4.69, 9.17) is 4.74 Å². The first-order valence-corrected chi connectivity index (χ1v) is 7.67. The van der Waals surface area contributed by atoms with Crippen molar-refractivity contribution in [1.82, 2.24) is 10.2 Å². The Kier molecular flexibility index (Phi) is 4.69. The molecule has 4 nitrogen and oxygen atoms in total. The highest BCUT2D eigenvalue weighted by molar-refractivity contribution is 5.79. The Balaban J connectivity index is 1.45. The Bertz CT molecular complexity index is 521. The summed E-state index contributed by atoms with van der Waals surface area (Å²) in [6.45, 7) is 3.40. The van der Waals surface area contributed by atoms with Crippen molar-refractivity contribution in [3.8, 4) is 0 Å². The first-order valence-electron chi connectivity index (χ1n) is 7.67. The Morgan fingerprint density at radius 2 is 1.86 bits per heavy atom. The van der Waals surface area contributed by atoms with Gasteiger partial charge in [-0.15, -0.1) is 0 Å². The van der Waals surface area contributed by atoms with E-state index in [1.165, 1.54) is 18.2 Å². The minimum absolute atomic E-state index is 0.107. The van der Waals surface area contributed by atoms with Crippen molar-refractivity contribution in [2.45, 2.75) is 31.3 Å². The lowest BCUT2D eigenvalue weighted by molar-refractivity contribution is -0.122. The number of carbonyl (C=O) groups is 1. The maximum Gasteiger partial charge on any atom is 0.224 e. The molecule has 0 radical (unpaired) electrons. The quantitative estimate of drug-likeness (QED) is 0.916. The maximum atomic E-state index is 13.5. The van der Waals surface area contributed by atoms with E-state index >= 15 is 0 Å². The zero-order valence-corrected chi connectivity index (χ0v) is 12.4. The molecule has 0 spiro atoms. The molecule has 1 saturated heterocycles. The highest BCUT2D eigenvalue weighted by Gasteiger charge is 2.35. The van der Waals surface area contributed by atoms with Crippen LogP contribution in [0.5, 0.6) is 0 Å². The third-order valence-electron chi connectivity index (χ3n) is 4.44. The SMILES string of the molecule is O=C(Cc1c(F)cccc1F)NC1CC(N2CCOCC2)C1. The van der Waals surface area contributed by atoms with Crippen LogP contribution in [0.3, 0.4) is 0 Å². The van der Waals surface area contributed by atoms with Crippen LogP contribution in [-0.4, -0.2) is 49.2 Å². The minimum atomic E-state index is -0.671. The lowest BCUT2D eigenvalue weighted by Gasteiger charge is -2.44. The molecule has 2 fully saturated rings. The van der Waals surface area contributed by atoms with Gasteiger partial charge in [0.25, 0.3) is 0 Å². The Morgan fingerprint density at radius 1 is 1.23 bits per heavy atom. The van der Waals surface area contributed by atoms with Gasteiger partial charge in [0.15, 0.2) is 0 Å². The van der Waals surface area contributed by atoms with Crippen LogP contribution in [-0.2, 0) is 16.0 Å². The van der Waals surface area contributed by atoms with Gasteiger partial charge in [0.05, 0.1) is 19.6 Å². The van der Waals surface area contributed by atoms with Crippen LogP contribution < -0.4 is 5.32 Å². The monoisotopic (exact) mass is 310 g/mol. The molecule has 22 heavy (non-hydrogen) atoms. The molecular formula is C16H20F2N2O2. The fourth-order valence-electron chi connectivity index (χ4n) is 3.09. The van der Waals surface area contributed by atoms with Crippen LogP contribution in [0.4, 0.5) is 8.78 Å². The third kappa shape index (κ3) is 3.44. The molecule has 1 aliphatic heterocycles. The predicted octanol–water partition coefficient (Wildman–Crippen LogP) is 1.49. The zero-order valence-electron chi connectivity index (χ0n) is 12.4. The van der Waals surface area contributed by atoms with Crippen molar-refractivity contribution in [2.75, 3.05) is 26.3 Å². The average Bonchev–Trinajstić information content (AvgIpc) is 2.47. The largest absolute Gasteiger partial charge is 0.379 e. The number of carbonyl (C=O) groups excluding carboxylic acids is 1. The van der Waals surface area contributed by atoms with Crippen molar-refractivity contribution in [3.63, 3.8) is 0 Å². The molecule has 0 unspecified atom stereocenters. The smallest absolute Gasteiger partial charge is 0.224 e. The van der Waals surface area contributed by atoms with Gasteiger partial charge >= 0.3 is 0 Å². The van der Waals surface area contributed by atoms with Crippen LogP contribution in [0.25, 0.3) is 0 Å². The van der Waals surface area contributed by atoms with Gasteiger partial charge in [-0.2, -0.15) is 0 Å². The van der Waals surface area contributed by atoms with Gasteiger partial charge < -0.3 is 10.1 Å². The van der Waals surface area contributed by atoms with E-state index in [2.05, 4.69) is 10.2 Å². The Hall–Kier alpha value is -1.53. The summed E-state index contributed by atoms with van der Waals surface area (Å²) >= 11 is 0. The first-order chi connectivity index (χ1) is 10.6. The summed E-state index contributed by atoms with van der Waals surface area (Å²) in [5.41, 5.74) is -0.163. The Morgan fingerprint density at radius 3 is 2.50 bits per heavy atom. The van der Waals surface area contributed by atoms with Crippen LogP contribution in [0.1, 0.15) is 18.4 Å². The van der Waals surface area contributed by atoms with Crippen LogP contribution in [0.15, 0.2) is 18.2 Å². The van der Waals surface area contributed by atoms with Gasteiger partial charge in [-0.25, -0.2) is 8.78 Å². The van der Waals surface area contributed by atoms with E-state index in [0.29, 0.717) is 6.04 Å². The second-order valence-corrected chi connectivity index (χ2v) is 5.91. The lowest BCUT2D eigenvalue weighted by atomic mass is 9.85. The van der Waals surface area contributed by atoms with Gasteiger partial charge in [0.1, 0.15) is 11.6 Å². The molecule has 3 rings (SSSR count). The van der Waals surface area contributed by atoms with Crippen molar-refractivity contribution >= 4 is 5.91 Å². The molecule has 1 saturated carbocycles. The van der Waals surface area contributed by atoms with Crippen molar-refractivity contribution in [2.24, 2.45) is 0 Å². The standard InChI is InChI=1S/C16H20F2N2O2/c17-14-2-1-3-15(18)13(14)10-16(21)19-11-8-12(9-11)20-4-6-22-7-5-20/h1-3,11-12H,4-10H2,(H,19,21). The topological polar surface area (TPSA) is 41.6 Å². The van der Waals surface area contributed by atoms with E-state index in [1.54, 1.807) is 0 Å². The van der Waals surface area contributed by atoms with Gasteiger partial charge in [-0.1, -0.05) is 6.07 Å². The van der Waals surface area contributed by atoms with Gasteiger partial charge in [-0.05, 0) is 25.0 Å². The molecule has 0 bridgehead atoms. The predicted molar refractivity (Wildman–Crippen MR) is 77.4 cm³/mol. The van der Waals surface area contributed by atoms with Crippen LogP contribution in [0.2, 0.25) is 0 Å². The molecule has 2 aliphatic rings. The second kappa shape index (κ2) is 6.71. The van der Waals surface area contributed by atoms with E-state index in [9.17, 15) is 13.6 Å². The molecule has 1 heterocycles. The summed E-state index contributed by atoms with van der Waals surface area (Å²) in [6, 6.07) is 4.23. The fourth-order valence-corrected chi connectivity index (χ4v) is 3.09. The van der Waals surface area contributed by atoms with Crippen molar-refractivity contribution in [3.05, 3.63) is 35.4 Å². The summed E-state index contributed by atoms with van der Waals surface area (Å²) in [5, 5.41) is 2.86. The molecule has 6 heteroatoms. The van der Waals surface area contributed by atoms with Crippen LogP contribution in [0, 0.1) is 11.6 Å². The number of amides is 1. The van der Waals surface area contributed by atoms with E-state index in [1.807, 2.05) is 0 Å². The van der Waals surface area contributed by atoms with Crippen LogP contribution >= 0.6 is 0 Å². The molecule has 1 aromatic rings. The lowest BCUT2D eigenvalue weighted by Crippen LogP contribution is -2.56. The number of hydrogen-bond acceptors (Lipinski definition) is 3. The summed E-state index contributed by atoms with van der Waals surface area (Å²) in [6.07, 6.45) is 1.54. The molecule has 1 N–H and O–H groups in total. The highest BCUT2D eigenvalue weighted by Crippen LogP contribution is 2.26. The van der Waals surface area contributed by atoms with E-state index in [-0.39, 0.29) is 23.9 Å². The molecule has 120 valence electrons. The number of nitrogens with zero attached hydrogens (tertiary/aromatic N) is 1. The normalized spacial score (nSPS) is 25.5. The molecule has 1 aliphatic carbocycles. The maximum absolute atomic E-state index is 13.5. The number of hydrogen-bond donors (Lipinski definition) is 1. The summed E-state index contributed by atoms with van der Waals surface area (Å²) in [4.78, 5) is 14.3. The van der Waals surface area contributed by atoms with Crippen molar-refractivity contribution in [1.29, 1.82) is 0 Å². The number of halogens is 2. The fraction of sp³-hybridized carbons (Fsp3) is 0.562. The average molecular weight is 310 g/mol. The first kappa shape index (κ1) is 15.4. The molecule has 0 atom stereocenters. The minimum Gasteiger partial charge on any atom is -0.379 e. The van der Waals surface area contributed by atoms with Crippen molar-refractivity contribution < 1.29 is 18.3 Å². The number of nitrogens with one attached hydrogen (secondary N) is 1. The molecule has 1 amide bonds. The second-order valence-electron chi connectivity index (χ2n) is 5.91. The number of ether oxygens (including phenoxy) is 1. The zero-order chi connectivity index (χ0) is 15.5. The molecule has 0 aromatic heterocycles.